The number of ether oxygens (including phenoxy) is 2. The van der Waals surface area contributed by atoms with E-state index in [1.165, 1.54) is 35.6 Å². The molecule has 2 heterocycles. The smallest absolute Gasteiger partial charge is 0.387 e. The summed E-state index contributed by atoms with van der Waals surface area (Å²) in [5.41, 5.74) is 3.05. The molecule has 0 saturated heterocycles. The third kappa shape index (κ3) is 3.90. The zero-order valence-electron chi connectivity index (χ0n) is 13.9. The summed E-state index contributed by atoms with van der Waals surface area (Å²) in [5, 5.41) is 4.96. The van der Waals surface area contributed by atoms with Crippen LogP contribution in [0.4, 0.5) is 13.9 Å². The number of hydrogen-bond donors (Lipinski definition) is 1. The van der Waals surface area contributed by atoms with Gasteiger partial charge in [-0.3, -0.25) is 10.1 Å². The lowest BCUT2D eigenvalue weighted by molar-refractivity contribution is -0.0498. The van der Waals surface area contributed by atoms with Crippen LogP contribution in [0.1, 0.15) is 15.9 Å². The minimum absolute atomic E-state index is 0.0714. The fraction of sp³-hybridized carbons (Fsp3) is 0.158. The van der Waals surface area contributed by atoms with Gasteiger partial charge in [0.25, 0.3) is 5.91 Å². The highest BCUT2D eigenvalue weighted by atomic mass is 32.1. The van der Waals surface area contributed by atoms with Crippen LogP contribution in [0.5, 0.6) is 11.5 Å². The summed E-state index contributed by atoms with van der Waals surface area (Å²) >= 11 is 1.29. The van der Waals surface area contributed by atoms with Gasteiger partial charge < -0.3 is 9.47 Å². The van der Waals surface area contributed by atoms with Crippen LogP contribution in [-0.2, 0) is 6.42 Å². The Morgan fingerprint density at radius 3 is 3.00 bits per heavy atom. The van der Waals surface area contributed by atoms with E-state index in [2.05, 4.69) is 15.0 Å². The lowest BCUT2D eigenvalue weighted by Crippen LogP contribution is -2.12. The van der Waals surface area contributed by atoms with Crippen molar-refractivity contribution < 1.29 is 23.0 Å². The van der Waals surface area contributed by atoms with E-state index in [1.54, 1.807) is 0 Å². The number of thiazole rings is 1. The number of hydrogen-bond acceptors (Lipinski definition) is 5. The van der Waals surface area contributed by atoms with E-state index in [4.69, 9.17) is 4.74 Å². The van der Waals surface area contributed by atoms with Crippen LogP contribution < -0.4 is 14.8 Å². The van der Waals surface area contributed by atoms with Crippen molar-refractivity contribution in [2.24, 2.45) is 0 Å². The van der Waals surface area contributed by atoms with Gasteiger partial charge in [0.2, 0.25) is 0 Å². The van der Waals surface area contributed by atoms with Crippen LogP contribution in [0.15, 0.2) is 47.8 Å². The molecule has 0 fully saturated rings. The lowest BCUT2D eigenvalue weighted by atomic mass is 10.1. The van der Waals surface area contributed by atoms with Gasteiger partial charge in [0.1, 0.15) is 11.5 Å². The largest absolute Gasteiger partial charge is 0.493 e. The molecule has 0 atom stereocenters. The summed E-state index contributed by atoms with van der Waals surface area (Å²) in [6, 6.07) is 11.5. The van der Waals surface area contributed by atoms with Crippen molar-refractivity contribution >= 4 is 22.4 Å². The number of rotatable bonds is 5. The number of carbonyl (C=O) groups is 1. The molecule has 2 aromatic carbocycles. The molecule has 1 aliphatic heterocycles. The second kappa shape index (κ2) is 7.32. The van der Waals surface area contributed by atoms with E-state index >= 15 is 0 Å². The third-order valence-corrected chi connectivity index (χ3v) is 4.79. The standard InChI is InChI=1S/C19H14F2N2O3S/c20-18(21)26-14-3-1-2-13(9-14)17(24)23-19-22-15(10-27-19)11-4-5-16-12(8-11)6-7-25-16/h1-5,8-10,18H,6-7H2,(H,22,23,24). The lowest BCUT2D eigenvalue weighted by Gasteiger charge is -2.06. The fourth-order valence-corrected chi connectivity index (χ4v) is 3.51. The van der Waals surface area contributed by atoms with Crippen molar-refractivity contribution in [2.75, 3.05) is 11.9 Å². The van der Waals surface area contributed by atoms with Crippen molar-refractivity contribution in [3.8, 4) is 22.8 Å². The van der Waals surface area contributed by atoms with Crippen molar-refractivity contribution in [1.29, 1.82) is 0 Å². The Kier molecular flexibility index (Phi) is 4.72. The zero-order chi connectivity index (χ0) is 18.8. The normalized spacial score (nSPS) is 12.6. The monoisotopic (exact) mass is 388 g/mol. The van der Waals surface area contributed by atoms with Gasteiger partial charge in [0, 0.05) is 22.9 Å². The summed E-state index contributed by atoms with van der Waals surface area (Å²) in [4.78, 5) is 16.8. The molecule has 1 amide bonds. The van der Waals surface area contributed by atoms with Gasteiger partial charge in [0.05, 0.1) is 12.3 Å². The minimum atomic E-state index is -2.94. The van der Waals surface area contributed by atoms with Gasteiger partial charge in [-0.1, -0.05) is 6.07 Å². The van der Waals surface area contributed by atoms with Gasteiger partial charge in [-0.15, -0.1) is 11.3 Å². The number of halogens is 2. The molecular weight excluding hydrogens is 374 g/mol. The molecule has 0 aliphatic carbocycles. The molecule has 4 rings (SSSR count). The summed E-state index contributed by atoms with van der Waals surface area (Å²) in [6.07, 6.45) is 0.869. The number of nitrogens with one attached hydrogen (secondary N) is 1. The molecule has 1 aromatic heterocycles. The predicted molar refractivity (Wildman–Crippen MR) is 97.8 cm³/mol. The maximum absolute atomic E-state index is 12.3. The zero-order valence-corrected chi connectivity index (χ0v) is 14.8. The fourth-order valence-electron chi connectivity index (χ4n) is 2.79. The number of aromatic nitrogens is 1. The molecule has 0 spiro atoms. The van der Waals surface area contributed by atoms with E-state index in [9.17, 15) is 13.6 Å². The van der Waals surface area contributed by atoms with Gasteiger partial charge in [-0.25, -0.2) is 4.98 Å². The van der Waals surface area contributed by atoms with Gasteiger partial charge >= 0.3 is 6.61 Å². The minimum Gasteiger partial charge on any atom is -0.493 e. The highest BCUT2D eigenvalue weighted by molar-refractivity contribution is 7.14. The first-order valence-electron chi connectivity index (χ1n) is 8.16. The Labute approximate surface area is 157 Å². The van der Waals surface area contributed by atoms with E-state index < -0.39 is 12.5 Å². The summed E-state index contributed by atoms with van der Waals surface area (Å²) in [7, 11) is 0. The highest BCUT2D eigenvalue weighted by Gasteiger charge is 2.15. The first-order valence-corrected chi connectivity index (χ1v) is 9.04. The first kappa shape index (κ1) is 17.4. The molecule has 5 nitrogen and oxygen atoms in total. The number of anilines is 1. The number of fused-ring (bicyclic) bond motifs is 1. The maximum atomic E-state index is 12.3. The van der Waals surface area contributed by atoms with Gasteiger partial charge in [0.15, 0.2) is 5.13 Å². The van der Waals surface area contributed by atoms with Crippen LogP contribution in [0.25, 0.3) is 11.3 Å². The maximum Gasteiger partial charge on any atom is 0.387 e. The number of alkyl halides is 2. The molecule has 0 saturated carbocycles. The molecule has 1 aliphatic rings. The van der Waals surface area contributed by atoms with Crippen LogP contribution in [0, 0.1) is 0 Å². The van der Waals surface area contributed by atoms with Crippen molar-refractivity contribution in [3.63, 3.8) is 0 Å². The van der Waals surface area contributed by atoms with Crippen molar-refractivity contribution in [1.82, 2.24) is 4.98 Å². The number of nitrogens with zero attached hydrogens (tertiary/aromatic N) is 1. The SMILES string of the molecule is O=C(Nc1nc(-c2ccc3c(c2)CCO3)cs1)c1cccc(OC(F)F)c1. The van der Waals surface area contributed by atoms with Crippen LogP contribution in [0.3, 0.4) is 0 Å². The number of carbonyl (C=O) groups excluding carboxylic acids is 1. The van der Waals surface area contributed by atoms with E-state index in [1.807, 2.05) is 23.6 Å². The molecule has 0 unspecified atom stereocenters. The van der Waals surface area contributed by atoms with Crippen LogP contribution in [0.2, 0.25) is 0 Å². The molecule has 138 valence electrons. The number of benzene rings is 2. The molecule has 0 bridgehead atoms. The summed E-state index contributed by atoms with van der Waals surface area (Å²) in [5.74, 6) is 0.379. The number of amides is 1. The Bertz CT molecular complexity index is 991. The quantitative estimate of drug-likeness (QED) is 0.694. The molecule has 27 heavy (non-hydrogen) atoms. The van der Waals surface area contributed by atoms with E-state index in [0.717, 1.165) is 29.0 Å². The van der Waals surface area contributed by atoms with Crippen LogP contribution >= 0.6 is 11.3 Å². The van der Waals surface area contributed by atoms with Crippen molar-refractivity contribution in [2.45, 2.75) is 13.0 Å². The van der Waals surface area contributed by atoms with E-state index in [-0.39, 0.29) is 11.3 Å². The molecule has 1 N–H and O–H groups in total. The predicted octanol–water partition coefficient (Wildman–Crippen LogP) is 4.60. The average Bonchev–Trinajstić information content (AvgIpc) is 3.29. The Balaban J connectivity index is 1.48. The van der Waals surface area contributed by atoms with Crippen molar-refractivity contribution in [3.05, 3.63) is 59.0 Å². The molecule has 0 radical (unpaired) electrons. The Hall–Kier alpha value is -3.00. The summed E-state index contributed by atoms with van der Waals surface area (Å²) < 4.78 is 34.4. The Morgan fingerprint density at radius 2 is 2.15 bits per heavy atom. The summed E-state index contributed by atoms with van der Waals surface area (Å²) in [6.45, 7) is -2.26. The second-order valence-corrected chi connectivity index (χ2v) is 6.68. The Morgan fingerprint density at radius 1 is 1.26 bits per heavy atom. The molecule has 3 aromatic rings. The second-order valence-electron chi connectivity index (χ2n) is 5.82. The average molecular weight is 388 g/mol. The van der Waals surface area contributed by atoms with E-state index in [0.29, 0.717) is 11.7 Å². The van der Waals surface area contributed by atoms with Gasteiger partial charge in [-0.2, -0.15) is 8.78 Å². The van der Waals surface area contributed by atoms with Crippen LogP contribution in [-0.4, -0.2) is 24.1 Å². The van der Waals surface area contributed by atoms with Gasteiger partial charge in [-0.05, 0) is 42.0 Å². The highest BCUT2D eigenvalue weighted by Crippen LogP contribution is 2.32. The topological polar surface area (TPSA) is 60.5 Å². The molecule has 8 heteroatoms. The first-order chi connectivity index (χ1) is 13.1. The molecular formula is C19H14F2N2O3S. The third-order valence-electron chi connectivity index (χ3n) is 4.03.